The van der Waals surface area contributed by atoms with Crippen LogP contribution in [0.4, 0.5) is 11.4 Å². The van der Waals surface area contributed by atoms with Crippen LogP contribution in [0.1, 0.15) is 15.9 Å². The van der Waals surface area contributed by atoms with Gasteiger partial charge in [0.1, 0.15) is 0 Å². The van der Waals surface area contributed by atoms with Crippen LogP contribution in [0.25, 0.3) is 11.0 Å². The van der Waals surface area contributed by atoms with Gasteiger partial charge in [0.2, 0.25) is 0 Å². The number of fused-ring (bicyclic) bond motifs is 1. The van der Waals surface area contributed by atoms with E-state index in [4.69, 9.17) is 12.2 Å². The fourth-order valence-electron chi connectivity index (χ4n) is 2.53. The quantitative estimate of drug-likeness (QED) is 0.634. The molecule has 0 spiro atoms. The monoisotopic (exact) mass is 340 g/mol. The first-order valence-electron chi connectivity index (χ1n) is 7.27. The van der Waals surface area contributed by atoms with Crippen LogP contribution in [0, 0.1) is 6.92 Å². The van der Waals surface area contributed by atoms with E-state index in [1.54, 1.807) is 30.1 Å². The Kier molecular flexibility index (Phi) is 4.18. The summed E-state index contributed by atoms with van der Waals surface area (Å²) in [4.78, 5) is 15.7. The summed E-state index contributed by atoms with van der Waals surface area (Å²) in [6.07, 6.45) is 1.59. The number of imidazole rings is 1. The summed E-state index contributed by atoms with van der Waals surface area (Å²) in [7, 11) is 1.76. The lowest BCUT2D eigenvalue weighted by Crippen LogP contribution is -2.20. The number of rotatable bonds is 3. The zero-order valence-electron chi connectivity index (χ0n) is 13.2. The Morgan fingerprint density at radius 3 is 2.71 bits per heavy atom. The molecule has 0 aliphatic rings. The molecule has 2 aromatic carbocycles. The number of para-hydroxylation sites is 1. The van der Waals surface area contributed by atoms with Crippen LogP contribution in [-0.4, -0.2) is 25.7 Å². The maximum atomic E-state index is 11.5. The Balaban J connectivity index is 1.89. The van der Waals surface area contributed by atoms with E-state index in [0.29, 0.717) is 21.8 Å². The molecule has 7 heteroatoms. The van der Waals surface area contributed by atoms with E-state index in [0.717, 1.165) is 11.3 Å². The number of nitrogens with zero attached hydrogens (tertiary/aromatic N) is 2. The maximum Gasteiger partial charge on any atom is 0.337 e. The van der Waals surface area contributed by atoms with Crippen molar-refractivity contribution in [3.05, 3.63) is 53.9 Å². The number of aromatic nitrogens is 2. The van der Waals surface area contributed by atoms with Crippen LogP contribution in [0.2, 0.25) is 0 Å². The van der Waals surface area contributed by atoms with Crippen LogP contribution in [-0.2, 0) is 7.05 Å². The number of carbonyl (C=O) groups is 1. The largest absolute Gasteiger partial charge is 0.478 e. The summed E-state index contributed by atoms with van der Waals surface area (Å²) in [5.74, 6) is -1.01. The molecule has 122 valence electrons. The van der Waals surface area contributed by atoms with E-state index in [2.05, 4.69) is 15.6 Å². The second-order valence-electron chi connectivity index (χ2n) is 5.45. The van der Waals surface area contributed by atoms with E-state index >= 15 is 0 Å². The van der Waals surface area contributed by atoms with Gasteiger partial charge >= 0.3 is 5.97 Å². The van der Waals surface area contributed by atoms with Crippen molar-refractivity contribution < 1.29 is 9.90 Å². The number of nitrogens with one attached hydrogen (secondary N) is 2. The van der Waals surface area contributed by atoms with Crippen LogP contribution in [0.5, 0.6) is 0 Å². The zero-order chi connectivity index (χ0) is 17.3. The minimum absolute atomic E-state index is 0.175. The third-order valence-electron chi connectivity index (χ3n) is 3.69. The van der Waals surface area contributed by atoms with Crippen LogP contribution in [0.3, 0.4) is 0 Å². The standard InChI is InChI=1S/C17H16N4O2S/c1-10-5-3-4-6-13(10)20-17(24)19-11-7-12(16(22)23)15-14(8-11)18-9-21(15)2/h3-9H,1-2H3,(H,22,23)(H2,19,20,24). The fourth-order valence-corrected chi connectivity index (χ4v) is 2.76. The average molecular weight is 340 g/mol. The van der Waals surface area contributed by atoms with Crippen molar-refractivity contribution >= 4 is 45.7 Å². The SMILES string of the molecule is Cc1ccccc1NC(=S)Nc1cc(C(=O)O)c2c(c1)ncn2C. The average Bonchev–Trinajstić information content (AvgIpc) is 2.90. The van der Waals surface area contributed by atoms with Gasteiger partial charge in [-0.05, 0) is 42.9 Å². The number of hydrogen-bond acceptors (Lipinski definition) is 3. The highest BCUT2D eigenvalue weighted by molar-refractivity contribution is 7.80. The van der Waals surface area contributed by atoms with Gasteiger partial charge in [-0.1, -0.05) is 18.2 Å². The molecule has 0 aliphatic carbocycles. The van der Waals surface area contributed by atoms with Gasteiger partial charge in [0.25, 0.3) is 0 Å². The number of carboxylic acid groups (broad SMARTS) is 1. The van der Waals surface area contributed by atoms with E-state index in [1.807, 2.05) is 31.2 Å². The van der Waals surface area contributed by atoms with Gasteiger partial charge in [-0.15, -0.1) is 0 Å². The highest BCUT2D eigenvalue weighted by Gasteiger charge is 2.15. The number of carboxylic acids is 1. The number of hydrogen-bond donors (Lipinski definition) is 3. The summed E-state index contributed by atoms with van der Waals surface area (Å²) < 4.78 is 1.69. The van der Waals surface area contributed by atoms with E-state index < -0.39 is 5.97 Å². The molecule has 0 atom stereocenters. The molecule has 3 rings (SSSR count). The predicted molar refractivity (Wildman–Crippen MR) is 98.7 cm³/mol. The normalized spacial score (nSPS) is 10.6. The highest BCUT2D eigenvalue weighted by atomic mass is 32.1. The topological polar surface area (TPSA) is 79.2 Å². The summed E-state index contributed by atoms with van der Waals surface area (Å²) in [6.45, 7) is 1.98. The number of thiocarbonyl (C=S) groups is 1. The smallest absolute Gasteiger partial charge is 0.337 e. The molecular formula is C17H16N4O2S. The lowest BCUT2D eigenvalue weighted by molar-refractivity contribution is 0.0698. The molecule has 0 radical (unpaired) electrons. The lowest BCUT2D eigenvalue weighted by atomic mass is 10.1. The Morgan fingerprint density at radius 1 is 1.25 bits per heavy atom. The van der Waals surface area contributed by atoms with Crippen molar-refractivity contribution in [2.75, 3.05) is 10.6 Å². The second-order valence-corrected chi connectivity index (χ2v) is 5.85. The van der Waals surface area contributed by atoms with Gasteiger partial charge in [-0.2, -0.15) is 0 Å². The molecule has 0 unspecified atom stereocenters. The number of anilines is 2. The third kappa shape index (κ3) is 3.07. The molecular weight excluding hydrogens is 324 g/mol. The van der Waals surface area contributed by atoms with Gasteiger partial charge in [0.15, 0.2) is 5.11 Å². The van der Waals surface area contributed by atoms with Gasteiger partial charge in [-0.25, -0.2) is 9.78 Å². The molecule has 3 aromatic rings. The molecule has 24 heavy (non-hydrogen) atoms. The first-order valence-corrected chi connectivity index (χ1v) is 7.68. The fraction of sp³-hybridized carbons (Fsp3) is 0.118. The summed E-state index contributed by atoms with van der Waals surface area (Å²) in [5, 5.41) is 16.0. The first kappa shape index (κ1) is 15.9. The molecule has 0 saturated carbocycles. The first-order chi connectivity index (χ1) is 11.5. The van der Waals surface area contributed by atoms with E-state index in [9.17, 15) is 9.90 Å². The van der Waals surface area contributed by atoms with Gasteiger partial charge in [-0.3, -0.25) is 0 Å². The van der Waals surface area contributed by atoms with Crippen molar-refractivity contribution in [1.29, 1.82) is 0 Å². The van der Waals surface area contributed by atoms with Crippen LogP contribution >= 0.6 is 12.2 Å². The van der Waals surface area contributed by atoms with Crippen LogP contribution < -0.4 is 10.6 Å². The number of benzene rings is 2. The predicted octanol–water partition coefficient (Wildman–Crippen LogP) is 3.39. The highest BCUT2D eigenvalue weighted by Crippen LogP contribution is 2.23. The van der Waals surface area contributed by atoms with Crippen LogP contribution in [0.15, 0.2) is 42.7 Å². The van der Waals surface area contributed by atoms with E-state index in [1.165, 1.54) is 0 Å². The molecule has 0 fully saturated rings. The second kappa shape index (κ2) is 6.29. The summed E-state index contributed by atoms with van der Waals surface area (Å²) in [5.41, 5.74) is 3.88. The van der Waals surface area contributed by atoms with E-state index in [-0.39, 0.29) is 5.56 Å². The summed E-state index contributed by atoms with van der Waals surface area (Å²) >= 11 is 5.32. The molecule has 1 heterocycles. The number of aromatic carboxylic acids is 1. The molecule has 0 bridgehead atoms. The molecule has 6 nitrogen and oxygen atoms in total. The summed E-state index contributed by atoms with van der Waals surface area (Å²) in [6, 6.07) is 11.1. The molecule has 3 N–H and O–H groups in total. The molecule has 0 saturated heterocycles. The van der Waals surface area contributed by atoms with Gasteiger partial charge in [0, 0.05) is 18.4 Å². The number of aryl methyl sites for hydroxylation is 2. The Hall–Kier alpha value is -2.93. The minimum atomic E-state index is -1.01. The molecule has 0 amide bonds. The lowest BCUT2D eigenvalue weighted by Gasteiger charge is -2.13. The van der Waals surface area contributed by atoms with Gasteiger partial charge < -0.3 is 20.3 Å². The van der Waals surface area contributed by atoms with Crippen molar-refractivity contribution in [2.45, 2.75) is 6.92 Å². The Morgan fingerprint density at radius 2 is 2.00 bits per heavy atom. The van der Waals surface area contributed by atoms with Crippen molar-refractivity contribution in [1.82, 2.24) is 9.55 Å². The Bertz CT molecular complexity index is 949. The van der Waals surface area contributed by atoms with Crippen molar-refractivity contribution in [3.8, 4) is 0 Å². The molecule has 0 aliphatic heterocycles. The van der Waals surface area contributed by atoms with Gasteiger partial charge in [0.05, 0.1) is 22.9 Å². The maximum absolute atomic E-state index is 11.5. The van der Waals surface area contributed by atoms with Crippen molar-refractivity contribution in [3.63, 3.8) is 0 Å². The third-order valence-corrected chi connectivity index (χ3v) is 3.90. The zero-order valence-corrected chi connectivity index (χ0v) is 14.0. The Labute approximate surface area is 144 Å². The minimum Gasteiger partial charge on any atom is -0.478 e. The molecule has 1 aromatic heterocycles. The van der Waals surface area contributed by atoms with Crippen molar-refractivity contribution in [2.24, 2.45) is 7.05 Å².